The summed E-state index contributed by atoms with van der Waals surface area (Å²) in [5.41, 5.74) is 1.66. The standard InChI is InChI=1S/C19H20N6O2/c26-19(17(25-9-1-2-10-25)14-5-3-7-20-11-14)22-13-16-23-18(24-27-16)15-6-4-8-21-12-15/h3-8,11-12,17H,1-2,9-10,13H2,(H,22,26). The Labute approximate surface area is 156 Å². The van der Waals surface area contributed by atoms with E-state index in [0.717, 1.165) is 37.1 Å². The van der Waals surface area contributed by atoms with Crippen molar-refractivity contribution in [3.8, 4) is 11.4 Å². The van der Waals surface area contributed by atoms with Crippen LogP contribution in [-0.4, -0.2) is 44.0 Å². The lowest BCUT2D eigenvalue weighted by atomic mass is 10.1. The first kappa shape index (κ1) is 17.3. The van der Waals surface area contributed by atoms with E-state index in [9.17, 15) is 4.79 Å². The Morgan fingerprint density at radius 3 is 2.63 bits per heavy atom. The number of pyridine rings is 2. The molecule has 0 aromatic carbocycles. The molecule has 0 spiro atoms. The van der Waals surface area contributed by atoms with Crippen molar-refractivity contribution in [3.05, 3.63) is 60.5 Å². The number of nitrogens with one attached hydrogen (secondary N) is 1. The van der Waals surface area contributed by atoms with Crippen molar-refractivity contribution in [1.29, 1.82) is 0 Å². The van der Waals surface area contributed by atoms with Gasteiger partial charge in [0.15, 0.2) is 0 Å². The van der Waals surface area contributed by atoms with Crippen LogP contribution in [0.2, 0.25) is 0 Å². The number of nitrogens with zero attached hydrogens (tertiary/aromatic N) is 5. The second-order valence-corrected chi connectivity index (χ2v) is 6.40. The molecule has 1 fully saturated rings. The molecule has 4 heterocycles. The summed E-state index contributed by atoms with van der Waals surface area (Å²) in [5.74, 6) is 0.718. The van der Waals surface area contributed by atoms with E-state index in [1.807, 2.05) is 24.3 Å². The van der Waals surface area contributed by atoms with Crippen molar-refractivity contribution >= 4 is 5.91 Å². The third kappa shape index (κ3) is 4.01. The number of amides is 1. The summed E-state index contributed by atoms with van der Waals surface area (Å²) in [5, 5.41) is 6.87. The molecule has 1 saturated heterocycles. The highest BCUT2D eigenvalue weighted by Gasteiger charge is 2.30. The molecule has 0 radical (unpaired) electrons. The molecule has 1 amide bonds. The maximum absolute atomic E-state index is 12.9. The van der Waals surface area contributed by atoms with Crippen LogP contribution in [0, 0.1) is 0 Å². The van der Waals surface area contributed by atoms with Crippen LogP contribution in [0.25, 0.3) is 11.4 Å². The molecule has 27 heavy (non-hydrogen) atoms. The first-order valence-corrected chi connectivity index (χ1v) is 8.96. The third-order valence-electron chi connectivity index (χ3n) is 4.56. The highest BCUT2D eigenvalue weighted by molar-refractivity contribution is 5.83. The number of hydrogen-bond donors (Lipinski definition) is 1. The van der Waals surface area contributed by atoms with E-state index in [-0.39, 0.29) is 18.5 Å². The zero-order valence-corrected chi connectivity index (χ0v) is 14.8. The SMILES string of the molecule is O=C(NCc1nc(-c2cccnc2)no1)C(c1cccnc1)N1CCCC1. The van der Waals surface area contributed by atoms with Crippen LogP contribution in [0.15, 0.2) is 53.6 Å². The Hall–Kier alpha value is -3.13. The topological polar surface area (TPSA) is 97.0 Å². The highest BCUT2D eigenvalue weighted by atomic mass is 16.5. The van der Waals surface area contributed by atoms with Crippen LogP contribution in [0.4, 0.5) is 0 Å². The van der Waals surface area contributed by atoms with Gasteiger partial charge in [0, 0.05) is 30.4 Å². The summed E-state index contributed by atoms with van der Waals surface area (Å²) in [6, 6.07) is 7.09. The minimum absolute atomic E-state index is 0.0916. The minimum atomic E-state index is -0.359. The molecule has 0 aliphatic carbocycles. The van der Waals surface area contributed by atoms with E-state index in [0.29, 0.717) is 11.7 Å². The van der Waals surface area contributed by atoms with Gasteiger partial charge in [-0.05, 0) is 49.7 Å². The van der Waals surface area contributed by atoms with Gasteiger partial charge in [-0.2, -0.15) is 4.98 Å². The normalized spacial score (nSPS) is 15.6. The Balaban J connectivity index is 1.45. The largest absolute Gasteiger partial charge is 0.345 e. The van der Waals surface area contributed by atoms with Crippen molar-refractivity contribution < 1.29 is 9.32 Å². The summed E-state index contributed by atoms with van der Waals surface area (Å²) < 4.78 is 5.25. The van der Waals surface area contributed by atoms with Gasteiger partial charge in [0.25, 0.3) is 0 Å². The van der Waals surface area contributed by atoms with Crippen molar-refractivity contribution in [2.24, 2.45) is 0 Å². The molecule has 3 aromatic rings. The molecular formula is C19H20N6O2. The number of aromatic nitrogens is 4. The van der Waals surface area contributed by atoms with Crippen molar-refractivity contribution in [1.82, 2.24) is 30.3 Å². The van der Waals surface area contributed by atoms with Crippen LogP contribution < -0.4 is 5.32 Å². The molecule has 1 atom stereocenters. The molecule has 138 valence electrons. The predicted molar refractivity (Wildman–Crippen MR) is 97.2 cm³/mol. The van der Waals surface area contributed by atoms with Gasteiger partial charge in [-0.1, -0.05) is 11.2 Å². The molecule has 8 heteroatoms. The lowest BCUT2D eigenvalue weighted by Crippen LogP contribution is -2.39. The Bertz CT molecular complexity index is 877. The van der Waals surface area contributed by atoms with Crippen molar-refractivity contribution in [2.45, 2.75) is 25.4 Å². The summed E-state index contributed by atoms with van der Waals surface area (Å²) in [6.45, 7) is 1.98. The molecule has 4 rings (SSSR count). The van der Waals surface area contributed by atoms with Gasteiger partial charge in [-0.3, -0.25) is 19.7 Å². The van der Waals surface area contributed by atoms with Crippen LogP contribution in [0.5, 0.6) is 0 Å². The van der Waals surface area contributed by atoms with Gasteiger partial charge in [0.1, 0.15) is 6.04 Å². The quantitative estimate of drug-likeness (QED) is 0.714. The molecule has 3 aromatic heterocycles. The molecule has 8 nitrogen and oxygen atoms in total. The van der Waals surface area contributed by atoms with Gasteiger partial charge in [0.05, 0.1) is 6.54 Å². The van der Waals surface area contributed by atoms with E-state index >= 15 is 0 Å². The van der Waals surface area contributed by atoms with E-state index in [1.54, 1.807) is 24.8 Å². The summed E-state index contributed by atoms with van der Waals surface area (Å²) in [4.78, 5) is 27.6. The molecule has 1 N–H and O–H groups in total. The first-order valence-electron chi connectivity index (χ1n) is 8.96. The number of rotatable bonds is 6. The highest BCUT2D eigenvalue weighted by Crippen LogP contribution is 2.25. The number of likely N-dealkylation sites (tertiary alicyclic amines) is 1. The van der Waals surface area contributed by atoms with Gasteiger partial charge < -0.3 is 9.84 Å². The molecule has 1 aliphatic rings. The molecular weight excluding hydrogens is 344 g/mol. The second kappa shape index (κ2) is 8.05. The van der Waals surface area contributed by atoms with Crippen LogP contribution in [0.3, 0.4) is 0 Å². The Morgan fingerprint density at radius 1 is 1.15 bits per heavy atom. The summed E-state index contributed by atoms with van der Waals surface area (Å²) in [6.07, 6.45) is 9.00. The predicted octanol–water partition coefficient (Wildman–Crippen LogP) is 1.98. The van der Waals surface area contributed by atoms with Gasteiger partial charge in [-0.25, -0.2) is 0 Å². The van der Waals surface area contributed by atoms with Crippen LogP contribution in [0.1, 0.15) is 30.3 Å². The number of carbonyl (C=O) groups excluding carboxylic acids is 1. The minimum Gasteiger partial charge on any atom is -0.345 e. The lowest BCUT2D eigenvalue weighted by Gasteiger charge is -2.26. The summed E-state index contributed by atoms with van der Waals surface area (Å²) in [7, 11) is 0. The maximum Gasteiger partial charge on any atom is 0.246 e. The van der Waals surface area contributed by atoms with Gasteiger partial charge in [-0.15, -0.1) is 0 Å². The van der Waals surface area contributed by atoms with Gasteiger partial charge in [0.2, 0.25) is 17.6 Å². The Morgan fingerprint density at radius 2 is 1.93 bits per heavy atom. The van der Waals surface area contributed by atoms with Crippen molar-refractivity contribution in [2.75, 3.05) is 13.1 Å². The van der Waals surface area contributed by atoms with Crippen LogP contribution >= 0.6 is 0 Å². The summed E-state index contributed by atoms with van der Waals surface area (Å²) >= 11 is 0. The molecule has 0 saturated carbocycles. The fraction of sp³-hybridized carbons (Fsp3) is 0.316. The van der Waals surface area contributed by atoms with E-state index in [1.165, 1.54) is 0 Å². The molecule has 1 unspecified atom stereocenters. The zero-order valence-electron chi connectivity index (χ0n) is 14.8. The van der Waals surface area contributed by atoms with E-state index in [4.69, 9.17) is 4.52 Å². The first-order chi connectivity index (χ1) is 13.3. The maximum atomic E-state index is 12.9. The fourth-order valence-corrected chi connectivity index (χ4v) is 3.26. The molecule has 1 aliphatic heterocycles. The monoisotopic (exact) mass is 364 g/mol. The lowest BCUT2D eigenvalue weighted by molar-refractivity contribution is -0.126. The average molecular weight is 364 g/mol. The zero-order chi connectivity index (χ0) is 18.5. The van der Waals surface area contributed by atoms with E-state index < -0.39 is 0 Å². The molecule has 0 bridgehead atoms. The number of carbonyl (C=O) groups is 1. The number of hydrogen-bond acceptors (Lipinski definition) is 7. The van der Waals surface area contributed by atoms with Crippen LogP contribution in [-0.2, 0) is 11.3 Å². The fourth-order valence-electron chi connectivity index (χ4n) is 3.26. The third-order valence-corrected chi connectivity index (χ3v) is 4.56. The average Bonchev–Trinajstić information content (AvgIpc) is 3.41. The Kier molecular flexibility index (Phi) is 5.15. The van der Waals surface area contributed by atoms with E-state index in [2.05, 4.69) is 30.3 Å². The van der Waals surface area contributed by atoms with Gasteiger partial charge >= 0.3 is 0 Å². The smallest absolute Gasteiger partial charge is 0.246 e. The second-order valence-electron chi connectivity index (χ2n) is 6.40. The van der Waals surface area contributed by atoms with Crippen molar-refractivity contribution in [3.63, 3.8) is 0 Å².